The number of hydrogen-bond donors (Lipinski definition) is 1. The van der Waals surface area contributed by atoms with Gasteiger partial charge in [0.15, 0.2) is 0 Å². The molecule has 5 rings (SSSR count). The van der Waals surface area contributed by atoms with Crippen molar-refractivity contribution >= 4 is 11.8 Å². The minimum absolute atomic E-state index is 0.0137. The second-order valence-electron chi connectivity index (χ2n) is 11.1. The molecule has 2 fully saturated rings. The number of ether oxygens (including phenoxy) is 2. The van der Waals surface area contributed by atoms with Crippen LogP contribution in [-0.4, -0.2) is 83.0 Å². The van der Waals surface area contributed by atoms with Gasteiger partial charge in [-0.2, -0.15) is 20.7 Å². The lowest BCUT2D eigenvalue weighted by molar-refractivity contribution is -0.136. The summed E-state index contributed by atoms with van der Waals surface area (Å²) >= 11 is 0. The number of carbonyl (C=O) groups excluding carboxylic acids is 2. The van der Waals surface area contributed by atoms with E-state index in [4.69, 9.17) is 9.47 Å². The lowest BCUT2D eigenvalue weighted by Gasteiger charge is -2.27. The van der Waals surface area contributed by atoms with Crippen molar-refractivity contribution in [2.24, 2.45) is 17.8 Å². The standard InChI is InChI=1S/C28H36N6O4/c1-17(2)23-9-20(11-29)18(3)8-26(23)38-7-6-37-16-27(35)33-12-21-14-34(15-22(21)13-33)28(36)19-4-5-24-25(10-19)31-32-30-24/h8-9,17,19,21-22H,4-7,10,12-16H2,1-3H3,(H,30,31,32)/t19-,21-,22-/m1/s1. The van der Waals surface area contributed by atoms with E-state index in [1.165, 1.54) is 0 Å². The van der Waals surface area contributed by atoms with E-state index in [-0.39, 0.29) is 30.3 Å². The molecule has 1 N–H and O–H groups in total. The Morgan fingerprint density at radius 2 is 1.82 bits per heavy atom. The number of aryl methyl sites for hydroxylation is 2. The Bertz CT molecular complexity index is 1220. The van der Waals surface area contributed by atoms with Crippen LogP contribution >= 0.6 is 0 Å². The highest BCUT2D eigenvalue weighted by Crippen LogP contribution is 2.34. The molecule has 2 aliphatic heterocycles. The van der Waals surface area contributed by atoms with Crippen molar-refractivity contribution < 1.29 is 19.1 Å². The number of nitriles is 1. The van der Waals surface area contributed by atoms with Crippen molar-refractivity contribution in [2.75, 3.05) is 46.0 Å². The van der Waals surface area contributed by atoms with E-state index in [9.17, 15) is 14.9 Å². The van der Waals surface area contributed by atoms with Crippen molar-refractivity contribution in [3.8, 4) is 11.8 Å². The number of aromatic nitrogens is 3. The fourth-order valence-electron chi connectivity index (χ4n) is 5.99. The van der Waals surface area contributed by atoms with Crippen molar-refractivity contribution in [3.63, 3.8) is 0 Å². The van der Waals surface area contributed by atoms with Crippen LogP contribution in [0.2, 0.25) is 0 Å². The van der Waals surface area contributed by atoms with Gasteiger partial charge in [-0.25, -0.2) is 0 Å². The van der Waals surface area contributed by atoms with Gasteiger partial charge in [0, 0.05) is 50.4 Å². The maximum Gasteiger partial charge on any atom is 0.248 e. The molecule has 0 spiro atoms. The zero-order chi connectivity index (χ0) is 26.8. The third-order valence-electron chi connectivity index (χ3n) is 8.18. The molecular weight excluding hydrogens is 484 g/mol. The van der Waals surface area contributed by atoms with E-state index in [0.29, 0.717) is 63.2 Å². The lowest BCUT2D eigenvalue weighted by atomic mass is 9.89. The van der Waals surface area contributed by atoms with Gasteiger partial charge in [-0.1, -0.05) is 13.8 Å². The van der Waals surface area contributed by atoms with Crippen LogP contribution in [0.4, 0.5) is 0 Å². The summed E-state index contributed by atoms with van der Waals surface area (Å²) in [6.45, 7) is 9.47. The maximum atomic E-state index is 13.1. The summed E-state index contributed by atoms with van der Waals surface area (Å²) in [5.74, 6) is 1.81. The van der Waals surface area contributed by atoms with E-state index in [1.807, 2.05) is 28.9 Å². The van der Waals surface area contributed by atoms with Crippen molar-refractivity contribution in [3.05, 3.63) is 40.2 Å². The molecule has 0 unspecified atom stereocenters. The fraction of sp³-hybridized carbons (Fsp3) is 0.607. The zero-order valence-corrected chi connectivity index (χ0v) is 22.4. The second-order valence-corrected chi connectivity index (χ2v) is 11.1. The number of amides is 2. The molecule has 1 aliphatic carbocycles. The molecule has 10 nitrogen and oxygen atoms in total. The molecule has 1 aromatic heterocycles. The van der Waals surface area contributed by atoms with Crippen LogP contribution in [0.5, 0.6) is 5.75 Å². The second kappa shape index (κ2) is 11.1. The SMILES string of the molecule is Cc1cc(OCCOCC(=O)N2C[C@@H]3CN(C(=O)[C@@H]4CCc5n[nH]nc5C4)C[C@H]3C2)c(C(C)C)cc1C#N. The molecule has 1 aromatic carbocycles. The molecule has 3 heterocycles. The Morgan fingerprint density at radius 3 is 2.53 bits per heavy atom. The lowest BCUT2D eigenvalue weighted by Crippen LogP contribution is -2.40. The van der Waals surface area contributed by atoms with Gasteiger partial charge in [0.2, 0.25) is 11.8 Å². The van der Waals surface area contributed by atoms with E-state index in [0.717, 1.165) is 41.1 Å². The minimum atomic E-state index is -0.0235. The molecule has 2 saturated heterocycles. The number of nitrogens with zero attached hydrogens (tertiary/aromatic N) is 5. The zero-order valence-electron chi connectivity index (χ0n) is 22.4. The normalized spacial score (nSPS) is 22.3. The van der Waals surface area contributed by atoms with E-state index in [1.54, 1.807) is 0 Å². The number of H-pyrrole nitrogens is 1. The van der Waals surface area contributed by atoms with Crippen LogP contribution < -0.4 is 4.74 Å². The molecular formula is C28H36N6O4. The van der Waals surface area contributed by atoms with Gasteiger partial charge in [-0.15, -0.1) is 0 Å². The number of carbonyl (C=O) groups is 2. The first-order valence-corrected chi connectivity index (χ1v) is 13.5. The van der Waals surface area contributed by atoms with Crippen LogP contribution in [0.15, 0.2) is 12.1 Å². The van der Waals surface area contributed by atoms with Crippen LogP contribution in [0.25, 0.3) is 0 Å². The van der Waals surface area contributed by atoms with E-state index >= 15 is 0 Å². The monoisotopic (exact) mass is 520 g/mol. The topological polar surface area (TPSA) is 124 Å². The molecule has 2 amide bonds. The molecule has 0 bridgehead atoms. The third-order valence-corrected chi connectivity index (χ3v) is 8.18. The van der Waals surface area contributed by atoms with Crippen LogP contribution in [0.1, 0.15) is 54.3 Å². The molecule has 2 aromatic rings. The first-order valence-electron chi connectivity index (χ1n) is 13.5. The average Bonchev–Trinajstić information content (AvgIpc) is 3.62. The summed E-state index contributed by atoms with van der Waals surface area (Å²) in [5.41, 5.74) is 4.44. The first-order chi connectivity index (χ1) is 18.3. The predicted octanol–water partition coefficient (Wildman–Crippen LogP) is 2.23. The molecule has 202 valence electrons. The Balaban J connectivity index is 1.03. The van der Waals surface area contributed by atoms with E-state index in [2.05, 4.69) is 35.3 Å². The Morgan fingerprint density at radius 1 is 1.11 bits per heavy atom. The summed E-state index contributed by atoms with van der Waals surface area (Å²) < 4.78 is 11.6. The van der Waals surface area contributed by atoms with Crippen LogP contribution in [0, 0.1) is 36.0 Å². The Kier molecular flexibility index (Phi) is 7.65. The maximum absolute atomic E-state index is 13.1. The molecule has 3 aliphatic rings. The van der Waals surface area contributed by atoms with Crippen molar-refractivity contribution in [2.45, 2.75) is 46.0 Å². The summed E-state index contributed by atoms with van der Waals surface area (Å²) in [6.07, 6.45) is 2.27. The third kappa shape index (κ3) is 5.39. The van der Waals surface area contributed by atoms with Gasteiger partial charge in [0.1, 0.15) is 19.0 Å². The van der Waals surface area contributed by atoms with Gasteiger partial charge in [-0.3, -0.25) is 9.59 Å². The summed E-state index contributed by atoms with van der Waals surface area (Å²) in [5, 5.41) is 20.3. The highest BCUT2D eigenvalue weighted by molar-refractivity contribution is 5.80. The van der Waals surface area contributed by atoms with Gasteiger partial charge < -0.3 is 19.3 Å². The van der Waals surface area contributed by atoms with Gasteiger partial charge in [0.25, 0.3) is 0 Å². The van der Waals surface area contributed by atoms with Crippen molar-refractivity contribution in [1.82, 2.24) is 25.2 Å². The number of aromatic amines is 1. The highest BCUT2D eigenvalue weighted by Gasteiger charge is 2.44. The molecule has 10 heteroatoms. The highest BCUT2D eigenvalue weighted by atomic mass is 16.5. The Labute approximate surface area is 223 Å². The Hall–Kier alpha value is -3.45. The van der Waals surface area contributed by atoms with Crippen molar-refractivity contribution in [1.29, 1.82) is 5.26 Å². The average molecular weight is 521 g/mol. The quantitative estimate of drug-likeness (QED) is 0.529. The van der Waals surface area contributed by atoms with Gasteiger partial charge in [-0.05, 0) is 48.9 Å². The largest absolute Gasteiger partial charge is 0.491 e. The molecule has 0 saturated carbocycles. The predicted molar refractivity (Wildman–Crippen MR) is 138 cm³/mol. The smallest absolute Gasteiger partial charge is 0.248 e. The number of likely N-dealkylation sites (tertiary alicyclic amines) is 2. The van der Waals surface area contributed by atoms with Gasteiger partial charge in [0.05, 0.1) is 29.6 Å². The fourth-order valence-corrected chi connectivity index (χ4v) is 5.99. The molecule has 38 heavy (non-hydrogen) atoms. The number of benzene rings is 1. The minimum Gasteiger partial charge on any atom is -0.491 e. The number of hydrogen-bond acceptors (Lipinski definition) is 7. The first kappa shape index (κ1) is 26.2. The summed E-state index contributed by atoms with van der Waals surface area (Å²) in [6, 6.07) is 6.01. The molecule has 3 atom stereocenters. The van der Waals surface area contributed by atoms with Gasteiger partial charge >= 0.3 is 0 Å². The number of rotatable bonds is 8. The summed E-state index contributed by atoms with van der Waals surface area (Å²) in [4.78, 5) is 29.8. The number of fused-ring (bicyclic) bond motifs is 2. The number of nitrogens with one attached hydrogen (secondary N) is 1. The molecule has 0 radical (unpaired) electrons. The van der Waals surface area contributed by atoms with E-state index < -0.39 is 0 Å². The van der Waals surface area contributed by atoms with Crippen LogP contribution in [-0.2, 0) is 27.2 Å². The van der Waals surface area contributed by atoms with Crippen LogP contribution in [0.3, 0.4) is 0 Å². The summed E-state index contributed by atoms with van der Waals surface area (Å²) in [7, 11) is 0.